The molecule has 0 radical (unpaired) electrons. The van der Waals surface area contributed by atoms with Crippen molar-refractivity contribution in [2.24, 2.45) is 0 Å². The van der Waals surface area contributed by atoms with Gasteiger partial charge in [0.05, 0.1) is 18.0 Å². The lowest BCUT2D eigenvalue weighted by Crippen LogP contribution is -2.31. The van der Waals surface area contributed by atoms with Crippen LogP contribution < -0.4 is 9.80 Å². The summed E-state index contributed by atoms with van der Waals surface area (Å²) in [6, 6.07) is 19.2. The summed E-state index contributed by atoms with van der Waals surface area (Å²) in [5, 5.41) is 8.95. The average Bonchev–Trinajstić information content (AvgIpc) is 2.87. The number of unbranched alkanes of at least 4 members (excludes halogenated alkanes) is 1. The van der Waals surface area contributed by atoms with Crippen LogP contribution in [0.15, 0.2) is 54.6 Å². The first-order chi connectivity index (χ1) is 10.4. The van der Waals surface area contributed by atoms with E-state index in [2.05, 4.69) is 64.4 Å². The van der Waals surface area contributed by atoms with E-state index in [1.54, 1.807) is 0 Å². The fourth-order valence-corrected chi connectivity index (χ4v) is 2.90. The standard InChI is InChI=1S/C18H22N2O/c21-13-7-6-12-19-15-20(14-16-8-2-1-3-9-16)18-11-5-4-10-17(18)19/h1-5,8-11,21H,6-7,12-15H2. The molecule has 0 spiro atoms. The van der Waals surface area contributed by atoms with Crippen LogP contribution in [0.5, 0.6) is 0 Å². The van der Waals surface area contributed by atoms with Gasteiger partial charge < -0.3 is 14.9 Å². The average molecular weight is 282 g/mol. The number of benzene rings is 2. The summed E-state index contributed by atoms with van der Waals surface area (Å²) in [7, 11) is 0. The van der Waals surface area contributed by atoms with Crippen LogP contribution in [0, 0.1) is 0 Å². The van der Waals surface area contributed by atoms with Crippen LogP contribution in [0.4, 0.5) is 11.4 Å². The number of aliphatic hydroxyl groups excluding tert-OH is 1. The molecule has 0 aromatic heterocycles. The maximum atomic E-state index is 8.95. The summed E-state index contributed by atoms with van der Waals surface area (Å²) in [5.41, 5.74) is 3.96. The van der Waals surface area contributed by atoms with E-state index in [-0.39, 0.29) is 6.61 Å². The molecule has 0 unspecified atom stereocenters. The van der Waals surface area contributed by atoms with E-state index >= 15 is 0 Å². The molecule has 1 aliphatic heterocycles. The molecular weight excluding hydrogens is 260 g/mol. The third-order valence-corrected chi connectivity index (χ3v) is 3.96. The first-order valence-electron chi connectivity index (χ1n) is 7.62. The highest BCUT2D eigenvalue weighted by Crippen LogP contribution is 2.36. The zero-order valence-corrected chi connectivity index (χ0v) is 12.3. The molecule has 1 N–H and O–H groups in total. The molecule has 0 saturated heterocycles. The normalized spacial score (nSPS) is 13.6. The Morgan fingerprint density at radius 1 is 0.810 bits per heavy atom. The van der Waals surface area contributed by atoms with Crippen molar-refractivity contribution in [3.63, 3.8) is 0 Å². The first-order valence-corrected chi connectivity index (χ1v) is 7.62. The number of para-hydroxylation sites is 2. The van der Waals surface area contributed by atoms with Gasteiger partial charge >= 0.3 is 0 Å². The maximum absolute atomic E-state index is 8.95. The number of hydrogen-bond acceptors (Lipinski definition) is 3. The molecule has 0 saturated carbocycles. The van der Waals surface area contributed by atoms with Crippen molar-refractivity contribution in [2.45, 2.75) is 19.4 Å². The highest BCUT2D eigenvalue weighted by Gasteiger charge is 2.24. The van der Waals surface area contributed by atoms with Gasteiger partial charge in [0.2, 0.25) is 0 Å². The van der Waals surface area contributed by atoms with Gasteiger partial charge in [0.1, 0.15) is 0 Å². The fourth-order valence-electron chi connectivity index (χ4n) is 2.90. The van der Waals surface area contributed by atoms with E-state index in [4.69, 9.17) is 5.11 Å². The zero-order chi connectivity index (χ0) is 14.5. The minimum absolute atomic E-state index is 0.281. The molecule has 0 atom stereocenters. The molecule has 2 aromatic carbocycles. The molecule has 3 rings (SSSR count). The van der Waals surface area contributed by atoms with E-state index in [0.717, 1.165) is 32.6 Å². The molecule has 0 fully saturated rings. The molecule has 0 amide bonds. The second kappa shape index (κ2) is 6.64. The highest BCUT2D eigenvalue weighted by atomic mass is 16.2. The lowest BCUT2D eigenvalue weighted by atomic mass is 10.2. The Balaban J connectivity index is 1.74. The monoisotopic (exact) mass is 282 g/mol. The maximum Gasteiger partial charge on any atom is 0.0907 e. The number of rotatable bonds is 6. The lowest BCUT2D eigenvalue weighted by molar-refractivity contribution is 0.285. The molecule has 1 aliphatic rings. The van der Waals surface area contributed by atoms with E-state index in [1.165, 1.54) is 16.9 Å². The van der Waals surface area contributed by atoms with E-state index in [1.807, 2.05) is 0 Å². The second-order valence-corrected chi connectivity index (χ2v) is 5.51. The minimum Gasteiger partial charge on any atom is -0.396 e. The fraction of sp³-hybridized carbons (Fsp3) is 0.333. The van der Waals surface area contributed by atoms with Crippen molar-refractivity contribution in [3.8, 4) is 0 Å². The predicted octanol–water partition coefficient (Wildman–Crippen LogP) is 3.24. The van der Waals surface area contributed by atoms with E-state index in [9.17, 15) is 0 Å². The number of nitrogens with zero attached hydrogens (tertiary/aromatic N) is 2. The Labute approximate surface area is 126 Å². The predicted molar refractivity (Wildman–Crippen MR) is 87.6 cm³/mol. The number of fused-ring (bicyclic) bond motifs is 1. The van der Waals surface area contributed by atoms with Crippen molar-refractivity contribution in [3.05, 3.63) is 60.2 Å². The van der Waals surface area contributed by atoms with Crippen LogP contribution in [0.1, 0.15) is 18.4 Å². The van der Waals surface area contributed by atoms with Gasteiger partial charge in [0.25, 0.3) is 0 Å². The van der Waals surface area contributed by atoms with Crippen molar-refractivity contribution in [1.82, 2.24) is 0 Å². The Morgan fingerprint density at radius 2 is 1.48 bits per heavy atom. The van der Waals surface area contributed by atoms with Crippen LogP contribution in [-0.2, 0) is 6.54 Å². The molecule has 3 heteroatoms. The van der Waals surface area contributed by atoms with Gasteiger partial charge in [-0.1, -0.05) is 42.5 Å². The molecule has 0 bridgehead atoms. The Morgan fingerprint density at radius 3 is 2.19 bits per heavy atom. The molecule has 21 heavy (non-hydrogen) atoms. The van der Waals surface area contributed by atoms with Crippen LogP contribution in [0.3, 0.4) is 0 Å². The molecule has 110 valence electrons. The Hall–Kier alpha value is -2.00. The topological polar surface area (TPSA) is 26.7 Å². The van der Waals surface area contributed by atoms with Gasteiger partial charge in [0, 0.05) is 19.7 Å². The van der Waals surface area contributed by atoms with Crippen molar-refractivity contribution < 1.29 is 5.11 Å². The summed E-state index contributed by atoms with van der Waals surface area (Å²) >= 11 is 0. The van der Waals surface area contributed by atoms with Gasteiger partial charge in [-0.15, -0.1) is 0 Å². The summed E-state index contributed by atoms with van der Waals surface area (Å²) in [6.07, 6.45) is 1.90. The number of anilines is 2. The quantitative estimate of drug-likeness (QED) is 0.824. The van der Waals surface area contributed by atoms with E-state index in [0.29, 0.717) is 0 Å². The third-order valence-electron chi connectivity index (χ3n) is 3.96. The summed E-state index contributed by atoms with van der Waals surface area (Å²) in [5.74, 6) is 0. The van der Waals surface area contributed by atoms with Crippen LogP contribution in [0.2, 0.25) is 0 Å². The Kier molecular flexibility index (Phi) is 4.41. The number of hydrogen-bond donors (Lipinski definition) is 1. The van der Waals surface area contributed by atoms with Crippen molar-refractivity contribution in [1.29, 1.82) is 0 Å². The smallest absolute Gasteiger partial charge is 0.0907 e. The SMILES string of the molecule is OCCCCN1CN(Cc2ccccc2)c2ccccc21. The summed E-state index contributed by atoms with van der Waals surface area (Å²) in [4.78, 5) is 4.83. The van der Waals surface area contributed by atoms with Crippen LogP contribution in [-0.4, -0.2) is 24.9 Å². The largest absolute Gasteiger partial charge is 0.396 e. The van der Waals surface area contributed by atoms with E-state index < -0.39 is 0 Å². The van der Waals surface area contributed by atoms with Gasteiger partial charge in [0.15, 0.2) is 0 Å². The zero-order valence-electron chi connectivity index (χ0n) is 12.3. The number of aliphatic hydroxyl groups is 1. The van der Waals surface area contributed by atoms with Crippen LogP contribution in [0.25, 0.3) is 0 Å². The van der Waals surface area contributed by atoms with Crippen LogP contribution >= 0.6 is 0 Å². The molecule has 1 heterocycles. The lowest BCUT2D eigenvalue weighted by Gasteiger charge is -2.21. The Bertz CT molecular complexity index is 570. The summed E-state index contributed by atoms with van der Waals surface area (Å²) in [6.45, 7) is 3.15. The van der Waals surface area contributed by atoms with Gasteiger partial charge in [-0.3, -0.25) is 0 Å². The second-order valence-electron chi connectivity index (χ2n) is 5.51. The van der Waals surface area contributed by atoms with Crippen molar-refractivity contribution in [2.75, 3.05) is 29.6 Å². The van der Waals surface area contributed by atoms with Gasteiger partial charge in [-0.2, -0.15) is 0 Å². The molecule has 0 aliphatic carbocycles. The molecule has 2 aromatic rings. The highest BCUT2D eigenvalue weighted by molar-refractivity contribution is 5.76. The minimum atomic E-state index is 0.281. The third kappa shape index (κ3) is 3.19. The molecular formula is C18H22N2O. The molecule has 3 nitrogen and oxygen atoms in total. The summed E-state index contributed by atoms with van der Waals surface area (Å²) < 4.78 is 0. The van der Waals surface area contributed by atoms with Gasteiger partial charge in [-0.05, 0) is 30.5 Å². The van der Waals surface area contributed by atoms with Crippen molar-refractivity contribution >= 4 is 11.4 Å². The van der Waals surface area contributed by atoms with Gasteiger partial charge in [-0.25, -0.2) is 0 Å². The first kappa shape index (κ1) is 14.0.